The van der Waals surface area contributed by atoms with Crippen molar-refractivity contribution in [3.8, 4) is 17.4 Å². The first-order chi connectivity index (χ1) is 13.0. The van der Waals surface area contributed by atoms with Gasteiger partial charge in [0.25, 0.3) is 0 Å². The van der Waals surface area contributed by atoms with Crippen LogP contribution in [-0.2, 0) is 0 Å². The second-order valence-electron chi connectivity index (χ2n) is 6.03. The Balaban J connectivity index is 2.09. The van der Waals surface area contributed by atoms with E-state index in [0.29, 0.717) is 11.6 Å². The molecule has 0 bridgehead atoms. The molecular weight excluding hydrogens is 348 g/mol. The van der Waals surface area contributed by atoms with Crippen LogP contribution in [-0.4, -0.2) is 16.3 Å². The summed E-state index contributed by atoms with van der Waals surface area (Å²) in [7, 11) is 0. The highest BCUT2D eigenvalue weighted by molar-refractivity contribution is 5.90. The van der Waals surface area contributed by atoms with Crippen LogP contribution in [0.15, 0.2) is 66.8 Å². The number of rotatable bonds is 5. The number of allylic oxidation sites excluding steroid dienone is 4. The van der Waals surface area contributed by atoms with Gasteiger partial charge in [0.15, 0.2) is 11.6 Å². The van der Waals surface area contributed by atoms with Gasteiger partial charge in [-0.05, 0) is 49.1 Å². The maximum absolute atomic E-state index is 13.6. The van der Waals surface area contributed by atoms with E-state index in [0.717, 1.165) is 22.4 Å². The first kappa shape index (κ1) is 18.6. The molecule has 0 radical (unpaired) electrons. The zero-order chi connectivity index (χ0) is 19.4. The smallest absolute Gasteiger partial charge is 0.227 e. The van der Waals surface area contributed by atoms with Gasteiger partial charge in [-0.2, -0.15) is 0 Å². The Hall–Kier alpha value is -3.21. The molecule has 3 rings (SSSR count). The van der Waals surface area contributed by atoms with Gasteiger partial charge in [-0.3, -0.25) is 0 Å². The van der Waals surface area contributed by atoms with E-state index in [2.05, 4.69) is 4.98 Å². The van der Waals surface area contributed by atoms with Gasteiger partial charge in [-0.1, -0.05) is 36.4 Å². The Morgan fingerprint density at radius 2 is 1.96 bits per heavy atom. The molecule has 27 heavy (non-hydrogen) atoms. The summed E-state index contributed by atoms with van der Waals surface area (Å²) in [6, 6.07) is 13.2. The number of fused-ring (bicyclic) bond motifs is 1. The number of nitrogens with zero attached hydrogens (tertiary/aromatic N) is 1. The third-order valence-electron chi connectivity index (χ3n) is 3.99. The zero-order valence-electron chi connectivity index (χ0n) is 15.0. The van der Waals surface area contributed by atoms with E-state index in [1.165, 1.54) is 25.1 Å². The van der Waals surface area contributed by atoms with Gasteiger partial charge in [-0.15, -0.1) is 0 Å². The molecule has 1 aromatic heterocycles. The van der Waals surface area contributed by atoms with Crippen molar-refractivity contribution in [3.05, 3.63) is 78.3 Å². The van der Waals surface area contributed by atoms with Gasteiger partial charge >= 0.3 is 0 Å². The molecule has 1 atom stereocenters. The van der Waals surface area contributed by atoms with E-state index < -0.39 is 17.7 Å². The van der Waals surface area contributed by atoms with Crippen LogP contribution in [0.25, 0.3) is 16.3 Å². The van der Waals surface area contributed by atoms with Gasteiger partial charge in [0.2, 0.25) is 5.88 Å². The number of aromatic hydroxyl groups is 1. The number of ether oxygens (including phenoxy) is 1. The molecule has 5 heteroatoms. The molecule has 0 aliphatic carbocycles. The molecule has 0 spiro atoms. The third kappa shape index (κ3) is 4.31. The van der Waals surface area contributed by atoms with Crippen LogP contribution in [0.3, 0.4) is 0 Å². The third-order valence-corrected chi connectivity index (χ3v) is 3.99. The molecule has 138 valence electrons. The highest BCUT2D eigenvalue weighted by atomic mass is 19.1. The molecule has 0 aliphatic rings. The van der Waals surface area contributed by atoms with Crippen LogP contribution in [0.1, 0.15) is 19.5 Å². The van der Waals surface area contributed by atoms with Crippen LogP contribution >= 0.6 is 0 Å². The Labute approximate surface area is 156 Å². The quantitative estimate of drug-likeness (QED) is 0.547. The van der Waals surface area contributed by atoms with E-state index >= 15 is 0 Å². The van der Waals surface area contributed by atoms with Gasteiger partial charge in [-0.25, -0.2) is 13.8 Å². The highest BCUT2D eigenvalue weighted by Crippen LogP contribution is 2.32. The monoisotopic (exact) mass is 367 g/mol. The van der Waals surface area contributed by atoms with Gasteiger partial charge < -0.3 is 9.84 Å². The standard InChI is InChI=1S/C22H19F2NO2/c1-3-15(9-8-14(2)23)20-12-16-6-4-5-7-18(16)22(25-20)27-17-10-11-21(26)19(24)13-17/h3-14,26H,1-2H3/b9-8-,15-3+. The Morgan fingerprint density at radius 3 is 2.67 bits per heavy atom. The predicted octanol–water partition coefficient (Wildman–Crippen LogP) is 6.19. The maximum Gasteiger partial charge on any atom is 0.227 e. The van der Waals surface area contributed by atoms with E-state index in [9.17, 15) is 13.9 Å². The van der Waals surface area contributed by atoms with Crippen molar-refractivity contribution >= 4 is 16.3 Å². The minimum Gasteiger partial charge on any atom is -0.505 e. The summed E-state index contributed by atoms with van der Waals surface area (Å²) in [6.07, 6.45) is 3.88. The first-order valence-electron chi connectivity index (χ1n) is 8.53. The molecule has 0 amide bonds. The van der Waals surface area contributed by atoms with Crippen LogP contribution in [0.4, 0.5) is 8.78 Å². The number of phenols is 1. The number of halogens is 2. The number of phenolic OH excluding ortho intramolecular Hbond substituents is 1. The summed E-state index contributed by atoms with van der Waals surface area (Å²) in [4.78, 5) is 4.55. The molecule has 1 unspecified atom stereocenters. The summed E-state index contributed by atoms with van der Waals surface area (Å²) in [5.74, 6) is -0.707. The van der Waals surface area contributed by atoms with E-state index in [-0.39, 0.29) is 5.75 Å². The molecule has 0 fully saturated rings. The van der Waals surface area contributed by atoms with Crippen LogP contribution < -0.4 is 4.74 Å². The first-order valence-corrected chi connectivity index (χ1v) is 8.53. The zero-order valence-corrected chi connectivity index (χ0v) is 15.0. The van der Waals surface area contributed by atoms with Crippen molar-refractivity contribution < 1.29 is 18.6 Å². The molecule has 2 aromatic carbocycles. The SMILES string of the molecule is C/C=C(\C=C/C(C)F)c1cc2ccccc2c(Oc2ccc(O)c(F)c2)n1. The van der Waals surface area contributed by atoms with Crippen molar-refractivity contribution in [2.24, 2.45) is 0 Å². The van der Waals surface area contributed by atoms with E-state index in [4.69, 9.17) is 4.74 Å². The summed E-state index contributed by atoms with van der Waals surface area (Å²) in [5, 5.41) is 11.0. The van der Waals surface area contributed by atoms with Crippen LogP contribution in [0.5, 0.6) is 17.4 Å². The second kappa shape index (κ2) is 7.99. The van der Waals surface area contributed by atoms with Crippen LogP contribution in [0.2, 0.25) is 0 Å². The highest BCUT2D eigenvalue weighted by Gasteiger charge is 2.11. The summed E-state index contributed by atoms with van der Waals surface area (Å²) < 4.78 is 32.6. The number of hydrogen-bond acceptors (Lipinski definition) is 3. The van der Waals surface area contributed by atoms with Crippen molar-refractivity contribution in [1.82, 2.24) is 4.98 Å². The fraction of sp³-hybridized carbons (Fsp3) is 0.136. The predicted molar refractivity (Wildman–Crippen MR) is 103 cm³/mol. The lowest BCUT2D eigenvalue weighted by Gasteiger charge is -2.12. The van der Waals surface area contributed by atoms with E-state index in [1.54, 1.807) is 6.08 Å². The number of pyridine rings is 1. The molecule has 3 nitrogen and oxygen atoms in total. The normalized spacial score (nSPS) is 13.3. The molecule has 3 aromatic rings. The number of benzene rings is 2. The molecular formula is C22H19F2NO2. The maximum atomic E-state index is 13.6. The molecule has 0 aliphatic heterocycles. The Kier molecular flexibility index (Phi) is 5.50. The number of aromatic nitrogens is 1. The van der Waals surface area contributed by atoms with Crippen molar-refractivity contribution in [3.63, 3.8) is 0 Å². The lowest BCUT2D eigenvalue weighted by Crippen LogP contribution is -1.95. The average molecular weight is 367 g/mol. The average Bonchev–Trinajstić information content (AvgIpc) is 2.65. The molecule has 1 heterocycles. The second-order valence-corrected chi connectivity index (χ2v) is 6.03. The molecule has 0 saturated heterocycles. The fourth-order valence-electron chi connectivity index (χ4n) is 2.62. The Morgan fingerprint density at radius 1 is 1.19 bits per heavy atom. The lowest BCUT2D eigenvalue weighted by atomic mass is 10.1. The van der Waals surface area contributed by atoms with Crippen molar-refractivity contribution in [2.75, 3.05) is 0 Å². The number of alkyl halides is 1. The van der Waals surface area contributed by atoms with Gasteiger partial charge in [0.05, 0.1) is 5.69 Å². The minimum atomic E-state index is -1.07. The largest absolute Gasteiger partial charge is 0.505 e. The summed E-state index contributed by atoms with van der Waals surface area (Å²) in [6.45, 7) is 3.29. The topological polar surface area (TPSA) is 42.4 Å². The molecule has 0 saturated carbocycles. The summed E-state index contributed by atoms with van der Waals surface area (Å²) >= 11 is 0. The van der Waals surface area contributed by atoms with E-state index in [1.807, 2.05) is 43.3 Å². The Bertz CT molecular complexity index is 1030. The minimum absolute atomic E-state index is 0.218. The lowest BCUT2D eigenvalue weighted by molar-refractivity contribution is 0.421. The van der Waals surface area contributed by atoms with Crippen LogP contribution in [0, 0.1) is 5.82 Å². The number of hydrogen-bond donors (Lipinski definition) is 1. The molecule has 1 N–H and O–H groups in total. The van der Waals surface area contributed by atoms with Gasteiger partial charge in [0.1, 0.15) is 11.9 Å². The van der Waals surface area contributed by atoms with Crippen molar-refractivity contribution in [2.45, 2.75) is 20.0 Å². The fourth-order valence-corrected chi connectivity index (χ4v) is 2.62. The van der Waals surface area contributed by atoms with Crippen molar-refractivity contribution in [1.29, 1.82) is 0 Å². The summed E-state index contributed by atoms with van der Waals surface area (Å²) in [5.41, 5.74) is 1.36. The van der Waals surface area contributed by atoms with Gasteiger partial charge in [0, 0.05) is 11.5 Å².